The third-order valence-corrected chi connectivity index (χ3v) is 3.28. The Morgan fingerprint density at radius 2 is 2.05 bits per heavy atom. The zero-order valence-electron chi connectivity index (χ0n) is 11.8. The zero-order valence-corrected chi connectivity index (χ0v) is 13.3. The number of nitrogens with one attached hydrogen (secondary N) is 2. The lowest BCUT2D eigenvalue weighted by Crippen LogP contribution is -2.06. The molecule has 112 valence electrons. The summed E-state index contributed by atoms with van der Waals surface area (Å²) < 4.78 is 5.18. The number of aromatic nitrogens is 2. The fourth-order valence-electron chi connectivity index (χ4n) is 1.65. The Kier molecular flexibility index (Phi) is 5.47. The minimum Gasteiger partial charge on any atom is -0.495 e. The highest BCUT2D eigenvalue weighted by atomic mass is 35.5. The maximum atomic E-state index is 6.11. The van der Waals surface area contributed by atoms with Crippen LogP contribution in [0.4, 0.5) is 17.5 Å². The summed E-state index contributed by atoms with van der Waals surface area (Å²) in [6, 6.07) is 5.34. The van der Waals surface area contributed by atoms with Gasteiger partial charge in [0.05, 0.1) is 18.3 Å². The van der Waals surface area contributed by atoms with Crippen molar-refractivity contribution in [1.29, 1.82) is 0 Å². The molecule has 21 heavy (non-hydrogen) atoms. The molecule has 0 aliphatic carbocycles. The standard InChI is InChI=1S/C14H16Cl2N4O/c1-3-6-17-14-18-8-11(16)13(20-14)19-9-4-5-10(15)12(7-9)21-2/h4-5,7-8H,3,6H2,1-2H3,(H2,17,18,19,20). The van der Waals surface area contributed by atoms with Gasteiger partial charge in [-0.2, -0.15) is 4.98 Å². The van der Waals surface area contributed by atoms with Crippen LogP contribution in [-0.4, -0.2) is 23.6 Å². The van der Waals surface area contributed by atoms with Crippen LogP contribution in [0.25, 0.3) is 0 Å². The maximum absolute atomic E-state index is 6.11. The van der Waals surface area contributed by atoms with Crippen molar-refractivity contribution in [2.75, 3.05) is 24.3 Å². The lowest BCUT2D eigenvalue weighted by atomic mass is 10.3. The fourth-order valence-corrected chi connectivity index (χ4v) is 1.98. The van der Waals surface area contributed by atoms with Gasteiger partial charge >= 0.3 is 0 Å². The van der Waals surface area contributed by atoms with E-state index in [0.29, 0.717) is 27.6 Å². The second kappa shape index (κ2) is 7.33. The summed E-state index contributed by atoms with van der Waals surface area (Å²) in [7, 11) is 1.56. The van der Waals surface area contributed by atoms with Crippen LogP contribution < -0.4 is 15.4 Å². The highest BCUT2D eigenvalue weighted by Crippen LogP contribution is 2.30. The Hall–Kier alpha value is -1.72. The second-order valence-corrected chi connectivity index (χ2v) is 5.11. The summed E-state index contributed by atoms with van der Waals surface area (Å²) in [5.74, 6) is 1.63. The summed E-state index contributed by atoms with van der Waals surface area (Å²) in [6.45, 7) is 2.87. The summed E-state index contributed by atoms with van der Waals surface area (Å²) >= 11 is 12.1. The number of hydrogen-bond acceptors (Lipinski definition) is 5. The van der Waals surface area contributed by atoms with Gasteiger partial charge in [0.1, 0.15) is 10.8 Å². The molecule has 1 aromatic heterocycles. The van der Waals surface area contributed by atoms with E-state index in [1.807, 2.05) is 6.07 Å². The van der Waals surface area contributed by atoms with Crippen molar-refractivity contribution in [1.82, 2.24) is 9.97 Å². The highest BCUT2D eigenvalue weighted by Gasteiger charge is 2.08. The van der Waals surface area contributed by atoms with Crippen LogP contribution in [0.3, 0.4) is 0 Å². The van der Waals surface area contributed by atoms with Gasteiger partial charge in [0.2, 0.25) is 5.95 Å². The number of hydrogen-bond donors (Lipinski definition) is 2. The van der Waals surface area contributed by atoms with Gasteiger partial charge in [-0.05, 0) is 18.6 Å². The van der Waals surface area contributed by atoms with Crippen LogP contribution in [0.15, 0.2) is 24.4 Å². The quantitative estimate of drug-likeness (QED) is 0.826. The first-order valence-electron chi connectivity index (χ1n) is 6.51. The lowest BCUT2D eigenvalue weighted by molar-refractivity contribution is 0.415. The van der Waals surface area contributed by atoms with Crippen LogP contribution in [0.2, 0.25) is 10.0 Å². The average Bonchev–Trinajstić information content (AvgIpc) is 2.50. The molecule has 1 heterocycles. The molecule has 5 nitrogen and oxygen atoms in total. The molecule has 2 N–H and O–H groups in total. The average molecular weight is 327 g/mol. The molecule has 0 aliphatic heterocycles. The second-order valence-electron chi connectivity index (χ2n) is 4.29. The van der Waals surface area contributed by atoms with E-state index in [1.165, 1.54) is 0 Å². The number of halogens is 2. The molecule has 0 bridgehead atoms. The molecular weight excluding hydrogens is 311 g/mol. The van der Waals surface area contributed by atoms with Crippen LogP contribution >= 0.6 is 23.2 Å². The monoisotopic (exact) mass is 326 g/mol. The molecule has 0 saturated heterocycles. The Bertz CT molecular complexity index is 622. The SMILES string of the molecule is CCCNc1ncc(Cl)c(Nc2ccc(Cl)c(OC)c2)n1. The van der Waals surface area contributed by atoms with Crippen molar-refractivity contribution < 1.29 is 4.74 Å². The zero-order chi connectivity index (χ0) is 15.2. The molecule has 1 aromatic carbocycles. The minimum atomic E-state index is 0.436. The number of methoxy groups -OCH3 is 1. The molecule has 0 radical (unpaired) electrons. The largest absolute Gasteiger partial charge is 0.495 e. The van der Waals surface area contributed by atoms with Crippen LogP contribution in [0.1, 0.15) is 13.3 Å². The summed E-state index contributed by atoms with van der Waals surface area (Å²) in [5, 5.41) is 7.22. The van der Waals surface area contributed by atoms with Crippen molar-refractivity contribution in [2.45, 2.75) is 13.3 Å². The van der Waals surface area contributed by atoms with E-state index in [4.69, 9.17) is 27.9 Å². The van der Waals surface area contributed by atoms with E-state index in [9.17, 15) is 0 Å². The number of anilines is 3. The van der Waals surface area contributed by atoms with Crippen molar-refractivity contribution >= 4 is 40.7 Å². The Morgan fingerprint density at radius 1 is 1.24 bits per heavy atom. The molecule has 0 saturated carbocycles. The third kappa shape index (κ3) is 4.12. The van der Waals surface area contributed by atoms with Crippen molar-refractivity contribution in [3.05, 3.63) is 34.4 Å². The lowest BCUT2D eigenvalue weighted by Gasteiger charge is -2.11. The summed E-state index contributed by atoms with van der Waals surface area (Å²) in [4.78, 5) is 8.47. The predicted molar refractivity (Wildman–Crippen MR) is 87.1 cm³/mol. The Labute approximate surface area is 133 Å². The van der Waals surface area contributed by atoms with E-state index in [0.717, 1.165) is 18.7 Å². The first-order chi connectivity index (χ1) is 10.1. The molecule has 0 amide bonds. The molecule has 0 aliphatic rings. The highest BCUT2D eigenvalue weighted by molar-refractivity contribution is 6.33. The van der Waals surface area contributed by atoms with E-state index in [1.54, 1.807) is 25.4 Å². The van der Waals surface area contributed by atoms with Crippen molar-refractivity contribution in [2.24, 2.45) is 0 Å². The molecule has 0 fully saturated rings. The van der Waals surface area contributed by atoms with E-state index in [2.05, 4.69) is 27.5 Å². The number of benzene rings is 1. The van der Waals surface area contributed by atoms with Crippen molar-refractivity contribution in [3.63, 3.8) is 0 Å². The van der Waals surface area contributed by atoms with Gasteiger partial charge in [-0.3, -0.25) is 0 Å². The first-order valence-corrected chi connectivity index (χ1v) is 7.26. The Morgan fingerprint density at radius 3 is 2.76 bits per heavy atom. The normalized spacial score (nSPS) is 10.3. The fraction of sp³-hybridized carbons (Fsp3) is 0.286. The van der Waals surface area contributed by atoms with Gasteiger partial charge in [-0.1, -0.05) is 30.1 Å². The molecule has 0 atom stereocenters. The number of nitrogens with zero attached hydrogens (tertiary/aromatic N) is 2. The third-order valence-electron chi connectivity index (χ3n) is 2.69. The first kappa shape index (κ1) is 15.7. The smallest absolute Gasteiger partial charge is 0.224 e. The van der Waals surface area contributed by atoms with E-state index >= 15 is 0 Å². The van der Waals surface area contributed by atoms with Gasteiger partial charge < -0.3 is 15.4 Å². The van der Waals surface area contributed by atoms with Crippen LogP contribution in [0, 0.1) is 0 Å². The van der Waals surface area contributed by atoms with E-state index < -0.39 is 0 Å². The van der Waals surface area contributed by atoms with Crippen molar-refractivity contribution in [3.8, 4) is 5.75 Å². The van der Waals surface area contributed by atoms with Crippen LogP contribution in [-0.2, 0) is 0 Å². The molecule has 2 aromatic rings. The minimum absolute atomic E-state index is 0.436. The van der Waals surface area contributed by atoms with Gasteiger partial charge in [-0.25, -0.2) is 4.98 Å². The Balaban J connectivity index is 2.22. The number of rotatable bonds is 6. The molecule has 0 unspecified atom stereocenters. The topological polar surface area (TPSA) is 59.1 Å². The molecule has 2 rings (SSSR count). The molecule has 0 spiro atoms. The van der Waals surface area contributed by atoms with E-state index in [-0.39, 0.29) is 0 Å². The maximum Gasteiger partial charge on any atom is 0.224 e. The van der Waals surface area contributed by atoms with Gasteiger partial charge in [0, 0.05) is 18.3 Å². The predicted octanol–water partition coefficient (Wildman–Crippen LogP) is 4.36. The summed E-state index contributed by atoms with van der Waals surface area (Å²) in [6.07, 6.45) is 2.55. The number of ether oxygens (including phenoxy) is 1. The van der Waals surface area contributed by atoms with Gasteiger partial charge in [-0.15, -0.1) is 0 Å². The molecular formula is C14H16Cl2N4O. The molecule has 7 heteroatoms. The summed E-state index contributed by atoms with van der Waals surface area (Å²) in [5.41, 5.74) is 0.776. The van der Waals surface area contributed by atoms with Gasteiger partial charge in [0.25, 0.3) is 0 Å². The van der Waals surface area contributed by atoms with Gasteiger partial charge in [0.15, 0.2) is 5.82 Å². The van der Waals surface area contributed by atoms with Crippen LogP contribution in [0.5, 0.6) is 5.75 Å².